The van der Waals surface area contributed by atoms with Crippen molar-refractivity contribution < 1.29 is 4.74 Å². The van der Waals surface area contributed by atoms with Crippen molar-refractivity contribution in [1.29, 1.82) is 0 Å². The number of rotatable bonds is 7. The van der Waals surface area contributed by atoms with E-state index in [1.807, 2.05) is 28.9 Å². The van der Waals surface area contributed by atoms with Crippen molar-refractivity contribution in [3.63, 3.8) is 0 Å². The molecule has 114 valence electrons. The van der Waals surface area contributed by atoms with E-state index in [1.54, 1.807) is 6.33 Å². The maximum absolute atomic E-state index is 6.00. The van der Waals surface area contributed by atoms with Crippen molar-refractivity contribution in [2.45, 2.75) is 46.4 Å². The molecule has 0 spiro atoms. The predicted molar refractivity (Wildman–Crippen MR) is 82.9 cm³/mol. The van der Waals surface area contributed by atoms with E-state index >= 15 is 0 Å². The number of aromatic nitrogens is 3. The summed E-state index contributed by atoms with van der Waals surface area (Å²) in [6.07, 6.45) is 2.50. The van der Waals surface area contributed by atoms with Crippen molar-refractivity contribution in [1.82, 2.24) is 14.8 Å². The number of hydrogen-bond donors (Lipinski definition) is 1. The maximum Gasteiger partial charge on any atom is 0.164 e. The fourth-order valence-corrected chi connectivity index (χ4v) is 2.09. The minimum Gasteiger partial charge on any atom is -0.486 e. The average Bonchev–Trinajstić information content (AvgIpc) is 2.91. The Morgan fingerprint density at radius 2 is 1.95 bits per heavy atom. The predicted octanol–water partition coefficient (Wildman–Crippen LogP) is 2.92. The fraction of sp³-hybridized carbons (Fsp3) is 0.500. The molecule has 2 N–H and O–H groups in total. The highest BCUT2D eigenvalue weighted by molar-refractivity contribution is 5.29. The molecule has 0 bridgehead atoms. The molecule has 5 heteroatoms. The van der Waals surface area contributed by atoms with Gasteiger partial charge in [-0.15, -0.1) is 0 Å². The van der Waals surface area contributed by atoms with Gasteiger partial charge in [-0.2, -0.15) is 5.10 Å². The van der Waals surface area contributed by atoms with Gasteiger partial charge in [-0.05, 0) is 30.0 Å². The van der Waals surface area contributed by atoms with Crippen LogP contribution in [-0.4, -0.2) is 14.8 Å². The lowest BCUT2D eigenvalue weighted by molar-refractivity contribution is 0.282. The molecule has 1 aromatic carbocycles. The summed E-state index contributed by atoms with van der Waals surface area (Å²) >= 11 is 0. The van der Waals surface area contributed by atoms with Crippen LogP contribution in [0.4, 0.5) is 0 Å². The minimum atomic E-state index is 0.0909. The van der Waals surface area contributed by atoms with E-state index in [1.165, 1.54) is 0 Å². The Kier molecular flexibility index (Phi) is 5.33. The van der Waals surface area contributed by atoms with Gasteiger partial charge in [0, 0.05) is 12.6 Å². The third kappa shape index (κ3) is 4.29. The van der Waals surface area contributed by atoms with Gasteiger partial charge in [-0.3, -0.25) is 0 Å². The van der Waals surface area contributed by atoms with Crippen LogP contribution in [-0.2, 0) is 13.2 Å². The topological polar surface area (TPSA) is 66.0 Å². The molecule has 0 saturated heterocycles. The number of hydrogen-bond acceptors (Lipinski definition) is 4. The molecule has 1 heterocycles. The molecular weight excluding hydrogens is 264 g/mol. The Bertz CT molecular complexity index is 548. The van der Waals surface area contributed by atoms with Crippen LogP contribution in [0, 0.1) is 5.92 Å². The van der Waals surface area contributed by atoms with Crippen LogP contribution in [0.25, 0.3) is 0 Å². The van der Waals surface area contributed by atoms with Gasteiger partial charge in [0.1, 0.15) is 18.7 Å². The van der Waals surface area contributed by atoms with Crippen LogP contribution in [0.1, 0.15) is 44.6 Å². The lowest BCUT2D eigenvalue weighted by Crippen LogP contribution is -2.12. The maximum atomic E-state index is 6.00. The van der Waals surface area contributed by atoms with Gasteiger partial charge < -0.3 is 10.5 Å². The largest absolute Gasteiger partial charge is 0.486 e. The zero-order valence-electron chi connectivity index (χ0n) is 13.0. The second-order valence-electron chi connectivity index (χ2n) is 5.62. The lowest BCUT2D eigenvalue weighted by atomic mass is 10.1. The zero-order chi connectivity index (χ0) is 15.2. The van der Waals surface area contributed by atoms with Gasteiger partial charge in [0.05, 0.1) is 0 Å². The van der Waals surface area contributed by atoms with E-state index < -0.39 is 0 Å². The van der Waals surface area contributed by atoms with Crippen LogP contribution < -0.4 is 10.5 Å². The monoisotopic (exact) mass is 288 g/mol. The highest BCUT2D eigenvalue weighted by Gasteiger charge is 2.08. The van der Waals surface area contributed by atoms with Gasteiger partial charge in [-0.1, -0.05) is 32.9 Å². The van der Waals surface area contributed by atoms with Crippen molar-refractivity contribution in [3.8, 4) is 5.75 Å². The summed E-state index contributed by atoms with van der Waals surface area (Å²) in [6.45, 7) is 7.66. The number of ether oxygens (including phenoxy) is 1. The number of nitrogens with zero attached hydrogens (tertiary/aromatic N) is 3. The molecule has 2 rings (SSSR count). The lowest BCUT2D eigenvalue weighted by Gasteiger charge is -2.12. The molecule has 1 atom stereocenters. The Balaban J connectivity index is 1.95. The molecule has 0 aliphatic heterocycles. The smallest absolute Gasteiger partial charge is 0.164 e. The Labute approximate surface area is 126 Å². The minimum absolute atomic E-state index is 0.0909. The van der Waals surface area contributed by atoms with Crippen molar-refractivity contribution in [2.24, 2.45) is 11.7 Å². The molecule has 5 nitrogen and oxygen atoms in total. The van der Waals surface area contributed by atoms with E-state index in [0.717, 1.165) is 30.1 Å². The standard InChI is InChI=1S/C16H24N4O/c1-4-15(17)13-5-7-14(8-6-13)21-10-16-18-11-19-20(16)9-12(2)3/h5-8,11-12,15H,4,9-10,17H2,1-3H3. The molecular formula is C16H24N4O. The first-order valence-electron chi connectivity index (χ1n) is 7.45. The highest BCUT2D eigenvalue weighted by Crippen LogP contribution is 2.19. The van der Waals surface area contributed by atoms with Gasteiger partial charge in [-0.25, -0.2) is 9.67 Å². The number of nitrogens with two attached hydrogens (primary N) is 1. The summed E-state index contributed by atoms with van der Waals surface area (Å²) in [6, 6.07) is 8.03. The van der Waals surface area contributed by atoms with Crippen molar-refractivity contribution in [2.75, 3.05) is 0 Å². The van der Waals surface area contributed by atoms with Crippen LogP contribution in [0.3, 0.4) is 0 Å². The highest BCUT2D eigenvalue weighted by atomic mass is 16.5. The Morgan fingerprint density at radius 1 is 1.24 bits per heavy atom. The molecule has 0 aliphatic carbocycles. The van der Waals surface area contributed by atoms with Crippen LogP contribution in [0.2, 0.25) is 0 Å². The van der Waals surface area contributed by atoms with Gasteiger partial charge in [0.2, 0.25) is 0 Å². The Morgan fingerprint density at radius 3 is 2.57 bits per heavy atom. The molecule has 0 aliphatic rings. The second kappa shape index (κ2) is 7.22. The van der Waals surface area contributed by atoms with E-state index in [9.17, 15) is 0 Å². The molecule has 0 saturated carbocycles. The average molecular weight is 288 g/mol. The first-order chi connectivity index (χ1) is 10.1. The first kappa shape index (κ1) is 15.5. The molecule has 2 aromatic rings. The van der Waals surface area contributed by atoms with Crippen LogP contribution >= 0.6 is 0 Å². The third-order valence-electron chi connectivity index (χ3n) is 3.35. The van der Waals surface area contributed by atoms with Gasteiger partial charge >= 0.3 is 0 Å². The molecule has 1 unspecified atom stereocenters. The van der Waals surface area contributed by atoms with E-state index in [-0.39, 0.29) is 6.04 Å². The zero-order valence-corrected chi connectivity index (χ0v) is 13.0. The number of benzene rings is 1. The summed E-state index contributed by atoms with van der Waals surface area (Å²) in [5, 5.41) is 4.23. The SMILES string of the molecule is CCC(N)c1ccc(OCc2ncnn2CC(C)C)cc1. The van der Waals surface area contributed by atoms with Gasteiger partial charge in [0.25, 0.3) is 0 Å². The van der Waals surface area contributed by atoms with Crippen LogP contribution in [0.15, 0.2) is 30.6 Å². The molecule has 21 heavy (non-hydrogen) atoms. The summed E-state index contributed by atoms with van der Waals surface area (Å²) in [4.78, 5) is 4.25. The first-order valence-corrected chi connectivity index (χ1v) is 7.45. The molecule has 0 amide bonds. The Hall–Kier alpha value is -1.88. The fourth-order valence-electron chi connectivity index (χ4n) is 2.09. The molecule has 0 radical (unpaired) electrons. The molecule has 0 fully saturated rings. The second-order valence-corrected chi connectivity index (χ2v) is 5.62. The third-order valence-corrected chi connectivity index (χ3v) is 3.35. The summed E-state index contributed by atoms with van der Waals surface area (Å²) in [5.74, 6) is 2.19. The quantitative estimate of drug-likeness (QED) is 0.850. The van der Waals surface area contributed by atoms with E-state index in [4.69, 9.17) is 10.5 Å². The van der Waals surface area contributed by atoms with E-state index in [2.05, 4.69) is 30.9 Å². The van der Waals surface area contributed by atoms with Crippen LogP contribution in [0.5, 0.6) is 5.75 Å². The summed E-state index contributed by atoms with van der Waals surface area (Å²) < 4.78 is 7.67. The summed E-state index contributed by atoms with van der Waals surface area (Å²) in [5.41, 5.74) is 7.13. The molecule has 1 aromatic heterocycles. The van der Waals surface area contributed by atoms with Gasteiger partial charge in [0.15, 0.2) is 5.82 Å². The summed E-state index contributed by atoms with van der Waals surface area (Å²) in [7, 11) is 0. The van der Waals surface area contributed by atoms with Crippen molar-refractivity contribution >= 4 is 0 Å². The van der Waals surface area contributed by atoms with Crippen molar-refractivity contribution in [3.05, 3.63) is 42.0 Å². The normalized spacial score (nSPS) is 12.6. The van der Waals surface area contributed by atoms with E-state index in [0.29, 0.717) is 12.5 Å².